The number of piperidine rings is 1. The summed E-state index contributed by atoms with van der Waals surface area (Å²) in [6.45, 7) is 0.935. The lowest BCUT2D eigenvalue weighted by atomic mass is 9.90. The number of carbonyl (C=O) groups is 1. The molecule has 2 aromatic heterocycles. The molecule has 4 rings (SSSR count). The molecule has 1 saturated heterocycles. The molecule has 0 atom stereocenters. The Kier molecular flexibility index (Phi) is 5.72. The average molecular weight is 442 g/mol. The van der Waals surface area contributed by atoms with Crippen LogP contribution in [-0.2, 0) is 10.0 Å². The molecule has 1 N–H and O–H groups in total. The summed E-state index contributed by atoms with van der Waals surface area (Å²) in [6, 6.07) is 11.0. The number of amides is 1. The summed E-state index contributed by atoms with van der Waals surface area (Å²) in [5.41, 5.74) is 3.35. The Morgan fingerprint density at radius 2 is 1.81 bits per heavy atom. The van der Waals surface area contributed by atoms with E-state index in [2.05, 4.69) is 10.4 Å². The van der Waals surface area contributed by atoms with Crippen LogP contribution in [0.2, 0.25) is 0 Å². The van der Waals surface area contributed by atoms with Crippen molar-refractivity contribution in [2.75, 3.05) is 39.1 Å². The van der Waals surface area contributed by atoms with Crippen molar-refractivity contribution in [2.24, 2.45) is 0 Å². The Balaban J connectivity index is 1.50. The van der Waals surface area contributed by atoms with Crippen molar-refractivity contribution in [1.29, 1.82) is 0 Å². The van der Waals surface area contributed by atoms with Crippen LogP contribution in [0.15, 0.2) is 53.7 Å². The topological polar surface area (TPSA) is 87.0 Å². The van der Waals surface area contributed by atoms with Crippen LogP contribution in [0.1, 0.15) is 34.7 Å². The Hall–Kier alpha value is -2.91. The van der Waals surface area contributed by atoms with Crippen molar-refractivity contribution >= 4 is 27.1 Å². The normalized spacial score (nSPS) is 15.8. The van der Waals surface area contributed by atoms with Crippen LogP contribution in [0.4, 0.5) is 5.69 Å². The zero-order chi connectivity index (χ0) is 22.2. The van der Waals surface area contributed by atoms with Gasteiger partial charge in [0.15, 0.2) is 0 Å². The summed E-state index contributed by atoms with van der Waals surface area (Å²) < 4.78 is 29.4. The molecule has 0 bridgehead atoms. The van der Waals surface area contributed by atoms with Gasteiger partial charge in [0.2, 0.25) is 10.0 Å². The molecule has 0 spiro atoms. The second-order valence-electron chi connectivity index (χ2n) is 7.99. The van der Waals surface area contributed by atoms with Crippen molar-refractivity contribution in [2.45, 2.75) is 23.7 Å². The molecule has 1 aromatic carbocycles. The predicted molar refractivity (Wildman–Crippen MR) is 120 cm³/mol. The number of carbonyl (C=O) groups excluding carboxylic acids is 1. The fourth-order valence-corrected chi connectivity index (χ4v) is 5.53. The molecule has 1 amide bonds. The van der Waals surface area contributed by atoms with E-state index in [1.807, 2.05) is 49.5 Å². The molecule has 3 heterocycles. The molecular formula is C22H27N5O3S. The highest BCUT2D eigenvalue weighted by Crippen LogP contribution is 2.32. The van der Waals surface area contributed by atoms with E-state index in [-0.39, 0.29) is 11.8 Å². The van der Waals surface area contributed by atoms with Gasteiger partial charge in [0.25, 0.3) is 5.91 Å². The van der Waals surface area contributed by atoms with Crippen LogP contribution in [0.5, 0.6) is 0 Å². The van der Waals surface area contributed by atoms with Gasteiger partial charge in [-0.2, -0.15) is 9.40 Å². The average Bonchev–Trinajstić information content (AvgIpc) is 3.22. The van der Waals surface area contributed by atoms with Gasteiger partial charge in [-0.1, -0.05) is 0 Å². The summed E-state index contributed by atoms with van der Waals surface area (Å²) in [7, 11) is 1.94. The standard InChI is InChI=1S/C22H27N5O3S/c1-23-22(28)20-15-24-27-13-10-17(14-21(20)27)16-8-11-26(12-9-16)31(29,30)19-6-4-18(5-7-19)25(2)3/h4-7,10,13-16H,8-9,11-12H2,1-3H3,(H,23,28). The lowest BCUT2D eigenvalue weighted by Gasteiger charge is -2.31. The summed E-state index contributed by atoms with van der Waals surface area (Å²) in [4.78, 5) is 14.3. The predicted octanol–water partition coefficient (Wildman–Crippen LogP) is 2.33. The van der Waals surface area contributed by atoms with Gasteiger partial charge in [0.05, 0.1) is 22.2 Å². The van der Waals surface area contributed by atoms with E-state index in [4.69, 9.17) is 0 Å². The highest BCUT2D eigenvalue weighted by molar-refractivity contribution is 7.89. The Bertz CT molecular complexity index is 1190. The van der Waals surface area contributed by atoms with Gasteiger partial charge in [-0.15, -0.1) is 0 Å². The van der Waals surface area contributed by atoms with E-state index in [0.29, 0.717) is 23.5 Å². The van der Waals surface area contributed by atoms with Gasteiger partial charge < -0.3 is 10.2 Å². The molecule has 0 saturated carbocycles. The van der Waals surface area contributed by atoms with Gasteiger partial charge in [0, 0.05) is 46.1 Å². The molecule has 1 fully saturated rings. The fraction of sp³-hybridized carbons (Fsp3) is 0.364. The van der Waals surface area contributed by atoms with Gasteiger partial charge in [0.1, 0.15) is 0 Å². The highest BCUT2D eigenvalue weighted by atomic mass is 32.2. The minimum Gasteiger partial charge on any atom is -0.378 e. The first-order valence-electron chi connectivity index (χ1n) is 10.3. The number of rotatable bonds is 5. The van der Waals surface area contributed by atoms with E-state index in [0.717, 1.165) is 29.6 Å². The Labute approximate surface area is 182 Å². The number of nitrogens with one attached hydrogen (secondary N) is 1. The van der Waals surface area contributed by atoms with Crippen molar-refractivity contribution < 1.29 is 13.2 Å². The second kappa shape index (κ2) is 8.32. The smallest absolute Gasteiger partial charge is 0.254 e. The number of sulfonamides is 1. The van der Waals surface area contributed by atoms with Crippen molar-refractivity contribution in [3.05, 3.63) is 59.9 Å². The lowest BCUT2D eigenvalue weighted by molar-refractivity contribution is 0.0964. The van der Waals surface area contributed by atoms with Crippen molar-refractivity contribution in [3.63, 3.8) is 0 Å². The maximum atomic E-state index is 13.1. The molecular weight excluding hydrogens is 414 g/mol. The molecule has 1 aliphatic heterocycles. The number of fused-ring (bicyclic) bond motifs is 1. The SMILES string of the molecule is CNC(=O)c1cnn2ccc(C3CCN(S(=O)(=O)c4ccc(N(C)C)cc4)CC3)cc12. The first kappa shape index (κ1) is 21.3. The molecule has 0 aliphatic carbocycles. The highest BCUT2D eigenvalue weighted by Gasteiger charge is 2.30. The second-order valence-corrected chi connectivity index (χ2v) is 9.93. The maximum absolute atomic E-state index is 13.1. The maximum Gasteiger partial charge on any atom is 0.254 e. The third kappa shape index (κ3) is 4.03. The Morgan fingerprint density at radius 3 is 2.42 bits per heavy atom. The number of anilines is 1. The zero-order valence-corrected chi connectivity index (χ0v) is 18.8. The van der Waals surface area contributed by atoms with Crippen LogP contribution in [-0.4, -0.2) is 62.5 Å². The zero-order valence-electron chi connectivity index (χ0n) is 17.9. The molecule has 9 heteroatoms. The van der Waals surface area contributed by atoms with Gasteiger partial charge in [-0.25, -0.2) is 12.9 Å². The first-order valence-corrected chi connectivity index (χ1v) is 11.7. The van der Waals surface area contributed by atoms with Crippen LogP contribution in [0, 0.1) is 0 Å². The van der Waals surface area contributed by atoms with E-state index in [1.54, 1.807) is 34.2 Å². The van der Waals surface area contributed by atoms with Gasteiger partial charge >= 0.3 is 0 Å². The van der Waals surface area contributed by atoms with Gasteiger partial charge in [-0.05, 0) is 60.7 Å². The van der Waals surface area contributed by atoms with E-state index >= 15 is 0 Å². The van der Waals surface area contributed by atoms with Crippen LogP contribution < -0.4 is 10.2 Å². The molecule has 3 aromatic rings. The fourth-order valence-electron chi connectivity index (χ4n) is 4.06. The van der Waals surface area contributed by atoms with Crippen LogP contribution >= 0.6 is 0 Å². The van der Waals surface area contributed by atoms with Crippen LogP contribution in [0.25, 0.3) is 5.52 Å². The third-order valence-electron chi connectivity index (χ3n) is 5.93. The minimum absolute atomic E-state index is 0.173. The number of pyridine rings is 1. The van der Waals surface area contributed by atoms with Crippen LogP contribution in [0.3, 0.4) is 0 Å². The molecule has 1 aliphatic rings. The van der Waals surface area contributed by atoms with Crippen molar-refractivity contribution in [1.82, 2.24) is 19.2 Å². The monoisotopic (exact) mass is 441 g/mol. The largest absolute Gasteiger partial charge is 0.378 e. The minimum atomic E-state index is -3.51. The number of hydrogen-bond acceptors (Lipinski definition) is 5. The number of benzene rings is 1. The Morgan fingerprint density at radius 1 is 1.13 bits per heavy atom. The third-order valence-corrected chi connectivity index (χ3v) is 7.85. The van der Waals surface area contributed by atoms with E-state index < -0.39 is 10.0 Å². The van der Waals surface area contributed by atoms with E-state index in [1.165, 1.54) is 0 Å². The summed E-state index contributed by atoms with van der Waals surface area (Å²) in [6.07, 6.45) is 4.88. The number of nitrogens with zero attached hydrogens (tertiary/aromatic N) is 4. The summed E-state index contributed by atoms with van der Waals surface area (Å²) >= 11 is 0. The van der Waals surface area contributed by atoms with E-state index in [9.17, 15) is 13.2 Å². The quantitative estimate of drug-likeness (QED) is 0.657. The lowest BCUT2D eigenvalue weighted by Crippen LogP contribution is -2.37. The summed E-state index contributed by atoms with van der Waals surface area (Å²) in [5.74, 6) is 0.0633. The molecule has 31 heavy (non-hydrogen) atoms. The molecule has 164 valence electrons. The first-order chi connectivity index (χ1) is 14.8. The molecule has 0 radical (unpaired) electrons. The summed E-state index contributed by atoms with van der Waals surface area (Å²) in [5, 5.41) is 6.87. The number of aromatic nitrogens is 2. The number of hydrogen-bond donors (Lipinski definition) is 1. The van der Waals surface area contributed by atoms with Crippen molar-refractivity contribution in [3.8, 4) is 0 Å². The molecule has 8 nitrogen and oxygen atoms in total. The molecule has 0 unspecified atom stereocenters. The van der Waals surface area contributed by atoms with Gasteiger partial charge in [-0.3, -0.25) is 4.79 Å².